The number of carbonyl (C=O) groups excluding carboxylic acids is 4. The Labute approximate surface area is 393 Å². The average molecular weight is 1030 g/mol. The second kappa shape index (κ2) is 27.5. The van der Waals surface area contributed by atoms with Crippen molar-refractivity contribution in [1.29, 1.82) is 0 Å². The third-order valence-corrected chi connectivity index (χ3v) is 15.1. The molecule has 0 aliphatic carbocycles. The van der Waals surface area contributed by atoms with Crippen LogP contribution < -0.4 is 21.3 Å². The fourth-order valence-corrected chi connectivity index (χ4v) is 10.9. The molecule has 0 spiro atoms. The topological polar surface area (TPSA) is 345 Å². The molecule has 0 radical (unpaired) electrons. The Morgan fingerprint density at radius 2 is 0.591 bits per heavy atom. The van der Waals surface area contributed by atoms with Gasteiger partial charge >= 0.3 is 0 Å². The van der Waals surface area contributed by atoms with Gasteiger partial charge in [0.15, 0.2) is 23.5 Å². The van der Waals surface area contributed by atoms with Gasteiger partial charge in [-0.3, -0.25) is 19.2 Å². The van der Waals surface area contributed by atoms with Gasteiger partial charge in [-0.05, 0) is 32.6 Å². The standard InChI is InChI=1S/C37H77N9O16S4/c1-9-42(2,3)26-28-45(7,32-65(57,58)59)24-20-40-36(49)16-12-10-14-34(47)38-18-22-44(6,31-64(54,55)56)23-19-39-35(48)15-11-13-17-37(50)41-21-25-46(8,33-66(60,61)62)29-27-43(4,5)30-63(51,52)53/h9-33H2,1-8H3,(H3-5,38,39,40,41,47,48,49,50,51,52,53,54,55,56,57,58,59,60,61,62)/p+1. The van der Waals surface area contributed by atoms with E-state index >= 15 is 0 Å². The highest BCUT2D eigenvalue weighted by Gasteiger charge is 2.31. The molecule has 0 aromatic heterocycles. The summed E-state index contributed by atoms with van der Waals surface area (Å²) < 4.78 is 138. The maximum atomic E-state index is 12.5. The maximum Gasteiger partial charge on any atom is 0.220 e. The summed E-state index contributed by atoms with van der Waals surface area (Å²) in [5.41, 5.74) is 0. The van der Waals surface area contributed by atoms with Crippen molar-refractivity contribution in [2.75, 3.05) is 158 Å². The van der Waals surface area contributed by atoms with Crippen molar-refractivity contribution >= 4 is 64.1 Å². The van der Waals surface area contributed by atoms with E-state index in [0.29, 0.717) is 43.3 Å². The van der Waals surface area contributed by atoms with Crippen LogP contribution in [0.1, 0.15) is 58.3 Å². The molecule has 0 heterocycles. The highest BCUT2D eigenvalue weighted by atomic mass is 32.2. The van der Waals surface area contributed by atoms with Crippen molar-refractivity contribution in [2.45, 2.75) is 58.3 Å². The third kappa shape index (κ3) is 34.6. The monoisotopic (exact) mass is 1030 g/mol. The largest absolute Gasteiger partial charge is 0.744 e. The normalized spacial score (nSPS) is 15.8. The second-order valence-electron chi connectivity index (χ2n) is 19.4. The number of carbonyl (C=O) groups is 4. The minimum Gasteiger partial charge on any atom is -0.744 e. The minimum atomic E-state index is -4.71. The van der Waals surface area contributed by atoms with Crippen molar-refractivity contribution in [2.24, 2.45) is 0 Å². The SMILES string of the molecule is CC[N+](C)(C)CC[N+](C)(CCNC(=O)CCCCC(=O)NCC[N+](C)(CCNC(=O)CCCCC(=O)NCC[N+](C)(CC[N+](C)(C)CS(=O)(=O)[O-])CS(=O)(=O)[O-])CS(=O)(=O)[O-])CS(=O)(=O)[O-]. The Morgan fingerprint density at radius 1 is 0.364 bits per heavy atom. The lowest BCUT2D eigenvalue weighted by Gasteiger charge is -2.38. The molecular weight excluding hydrogens is 955 g/mol. The summed E-state index contributed by atoms with van der Waals surface area (Å²) in [7, 11) is -6.90. The molecule has 0 saturated heterocycles. The molecule has 29 heteroatoms. The van der Waals surface area contributed by atoms with Crippen LogP contribution in [0.4, 0.5) is 0 Å². The lowest BCUT2D eigenvalue weighted by molar-refractivity contribution is -0.948. The zero-order chi connectivity index (χ0) is 51.3. The van der Waals surface area contributed by atoms with Crippen molar-refractivity contribution in [3.8, 4) is 0 Å². The molecule has 4 N–H and O–H groups in total. The molecule has 0 bridgehead atoms. The zero-order valence-electron chi connectivity index (χ0n) is 40.1. The molecular formula is C37H78N9O16S4+. The molecule has 0 saturated carbocycles. The zero-order valence-corrected chi connectivity index (χ0v) is 43.3. The van der Waals surface area contributed by atoms with Gasteiger partial charge in [0.1, 0.15) is 66.7 Å². The highest BCUT2D eigenvalue weighted by molar-refractivity contribution is 7.86. The first-order valence-corrected chi connectivity index (χ1v) is 28.1. The van der Waals surface area contributed by atoms with Crippen molar-refractivity contribution < 1.29 is 93.5 Å². The highest BCUT2D eigenvalue weighted by Crippen LogP contribution is 2.11. The van der Waals surface area contributed by atoms with Crippen LogP contribution in [0.5, 0.6) is 0 Å². The second-order valence-corrected chi connectivity index (χ2v) is 24.9. The molecule has 0 aliphatic rings. The Balaban J connectivity index is 4.73. The number of nitrogens with zero attached hydrogens (tertiary/aromatic N) is 5. The number of quaternary nitrogens is 5. The van der Waals surface area contributed by atoms with Crippen LogP contribution in [-0.4, -0.2) is 256 Å². The van der Waals surface area contributed by atoms with Gasteiger partial charge in [-0.1, -0.05) is 0 Å². The molecule has 66 heavy (non-hydrogen) atoms. The van der Waals surface area contributed by atoms with Crippen LogP contribution in [0.25, 0.3) is 0 Å². The number of hydrogen-bond acceptors (Lipinski definition) is 16. The van der Waals surface area contributed by atoms with Gasteiger partial charge in [0, 0.05) is 25.7 Å². The van der Waals surface area contributed by atoms with E-state index in [1.165, 1.54) is 28.2 Å². The smallest absolute Gasteiger partial charge is 0.220 e. The van der Waals surface area contributed by atoms with Crippen LogP contribution in [0.3, 0.4) is 0 Å². The van der Waals surface area contributed by atoms with Gasteiger partial charge < -0.3 is 61.9 Å². The molecule has 3 unspecified atom stereocenters. The molecule has 0 aromatic carbocycles. The summed E-state index contributed by atoms with van der Waals surface area (Å²) in [6.07, 6.45) is 1.60. The summed E-state index contributed by atoms with van der Waals surface area (Å²) in [4.78, 5) is 49.8. The van der Waals surface area contributed by atoms with Crippen LogP contribution in [0.2, 0.25) is 0 Å². The maximum absolute atomic E-state index is 12.5. The van der Waals surface area contributed by atoms with E-state index < -0.39 is 69.9 Å². The van der Waals surface area contributed by atoms with Gasteiger partial charge in [-0.2, -0.15) is 0 Å². The summed E-state index contributed by atoms with van der Waals surface area (Å²) in [5, 5.41) is 10.7. The minimum absolute atomic E-state index is 0.00650. The van der Waals surface area contributed by atoms with E-state index in [0.717, 1.165) is 6.54 Å². The van der Waals surface area contributed by atoms with E-state index in [9.17, 15) is 71.1 Å². The van der Waals surface area contributed by atoms with E-state index in [2.05, 4.69) is 21.3 Å². The average Bonchev–Trinajstić information content (AvgIpc) is 3.10. The summed E-state index contributed by atoms with van der Waals surface area (Å²) in [5.74, 6) is -4.36. The molecule has 0 aromatic rings. The predicted octanol–water partition coefficient (Wildman–Crippen LogP) is -3.90. The van der Waals surface area contributed by atoms with Crippen molar-refractivity contribution in [3.63, 3.8) is 0 Å². The van der Waals surface area contributed by atoms with E-state index in [-0.39, 0.29) is 127 Å². The molecule has 25 nitrogen and oxygen atoms in total. The van der Waals surface area contributed by atoms with E-state index in [4.69, 9.17) is 0 Å². The molecule has 3 atom stereocenters. The molecule has 0 aliphatic heterocycles. The third-order valence-electron chi connectivity index (χ3n) is 11.3. The molecule has 4 amide bonds. The number of unbranched alkanes of at least 4 members (excludes halogenated alkanes) is 2. The Bertz CT molecular complexity index is 2030. The fraction of sp³-hybridized carbons (Fsp3) is 0.892. The van der Waals surface area contributed by atoms with Gasteiger partial charge in [0.2, 0.25) is 23.6 Å². The predicted molar refractivity (Wildman–Crippen MR) is 239 cm³/mol. The Morgan fingerprint density at radius 3 is 0.818 bits per heavy atom. The number of likely N-dealkylation sites (N-methyl/N-ethyl adjacent to an activating group) is 5. The van der Waals surface area contributed by atoms with Gasteiger partial charge in [0.25, 0.3) is 0 Å². The van der Waals surface area contributed by atoms with Crippen molar-refractivity contribution in [1.82, 2.24) is 21.3 Å². The lowest BCUT2D eigenvalue weighted by atomic mass is 10.2. The summed E-state index contributed by atoms with van der Waals surface area (Å²) in [6.45, 7) is 4.48. The number of amides is 4. The first-order chi connectivity index (χ1) is 29.8. The van der Waals surface area contributed by atoms with E-state index in [1.54, 1.807) is 7.05 Å². The number of hydrogen-bond donors (Lipinski definition) is 4. The van der Waals surface area contributed by atoms with Crippen LogP contribution in [-0.2, 0) is 59.7 Å². The number of nitrogens with one attached hydrogen (secondary N) is 4. The first-order valence-electron chi connectivity index (χ1n) is 21.7. The summed E-state index contributed by atoms with van der Waals surface area (Å²) in [6, 6.07) is 0. The lowest BCUT2D eigenvalue weighted by Crippen LogP contribution is -2.57. The summed E-state index contributed by atoms with van der Waals surface area (Å²) >= 11 is 0. The van der Waals surface area contributed by atoms with Crippen LogP contribution in [0, 0.1) is 0 Å². The van der Waals surface area contributed by atoms with E-state index in [1.807, 2.05) is 21.0 Å². The molecule has 0 rings (SSSR count). The molecule has 0 fully saturated rings. The van der Waals surface area contributed by atoms with Gasteiger partial charge in [-0.25, -0.2) is 33.7 Å². The first kappa shape index (κ1) is 63.3. The molecule has 390 valence electrons. The van der Waals surface area contributed by atoms with Crippen LogP contribution >= 0.6 is 0 Å². The van der Waals surface area contributed by atoms with Gasteiger partial charge in [-0.15, -0.1) is 0 Å². The quantitative estimate of drug-likeness (QED) is 0.0263. The van der Waals surface area contributed by atoms with Crippen molar-refractivity contribution in [3.05, 3.63) is 0 Å². The van der Waals surface area contributed by atoms with Gasteiger partial charge in [0.05, 0.1) is 108 Å². The fourth-order valence-electron chi connectivity index (χ4n) is 6.90. The Hall–Kier alpha value is -2.68. The number of rotatable bonds is 37. The van der Waals surface area contributed by atoms with Crippen LogP contribution in [0.15, 0.2) is 0 Å². The Kier molecular flexibility index (Phi) is 26.4.